The first-order valence-electron chi connectivity index (χ1n) is 5.99. The summed E-state index contributed by atoms with van der Waals surface area (Å²) in [4.78, 5) is 16.1. The number of hydrogen-bond acceptors (Lipinski definition) is 5. The SMILES string of the molecule is CCOC(=O)C1=Nc2ccccc2NC1OCC. The molecule has 1 unspecified atom stereocenters. The van der Waals surface area contributed by atoms with Crippen molar-refractivity contribution in [2.45, 2.75) is 20.1 Å². The van der Waals surface area contributed by atoms with Crippen LogP contribution in [-0.2, 0) is 14.3 Å². The number of esters is 1. The molecule has 1 heterocycles. The number of benzene rings is 1. The van der Waals surface area contributed by atoms with Crippen LogP contribution >= 0.6 is 0 Å². The molecular formula is C13H16N2O3. The van der Waals surface area contributed by atoms with Crippen LogP contribution in [0.25, 0.3) is 0 Å². The van der Waals surface area contributed by atoms with E-state index in [1.165, 1.54) is 0 Å². The zero-order chi connectivity index (χ0) is 13.0. The summed E-state index contributed by atoms with van der Waals surface area (Å²) in [6.45, 7) is 4.43. The van der Waals surface area contributed by atoms with Crippen LogP contribution in [0.1, 0.15) is 13.8 Å². The maximum atomic E-state index is 11.8. The van der Waals surface area contributed by atoms with Crippen LogP contribution in [-0.4, -0.2) is 31.1 Å². The van der Waals surface area contributed by atoms with Gasteiger partial charge in [0.25, 0.3) is 0 Å². The van der Waals surface area contributed by atoms with Gasteiger partial charge in [-0.25, -0.2) is 9.79 Å². The molecule has 5 heteroatoms. The van der Waals surface area contributed by atoms with Gasteiger partial charge in [-0.15, -0.1) is 0 Å². The molecule has 1 aromatic carbocycles. The Hall–Kier alpha value is -1.88. The third-order valence-electron chi connectivity index (χ3n) is 2.50. The molecule has 1 N–H and O–H groups in total. The van der Waals surface area contributed by atoms with Gasteiger partial charge in [0.2, 0.25) is 0 Å². The van der Waals surface area contributed by atoms with Gasteiger partial charge in [-0.1, -0.05) is 12.1 Å². The molecule has 0 saturated carbocycles. The third kappa shape index (κ3) is 2.51. The monoisotopic (exact) mass is 248 g/mol. The highest BCUT2D eigenvalue weighted by molar-refractivity contribution is 6.39. The summed E-state index contributed by atoms with van der Waals surface area (Å²) < 4.78 is 10.5. The minimum atomic E-state index is -0.552. The fourth-order valence-corrected chi connectivity index (χ4v) is 1.74. The summed E-state index contributed by atoms with van der Waals surface area (Å²) >= 11 is 0. The molecule has 18 heavy (non-hydrogen) atoms. The normalized spacial score (nSPS) is 17.4. The topological polar surface area (TPSA) is 59.9 Å². The lowest BCUT2D eigenvalue weighted by Crippen LogP contribution is -2.40. The van der Waals surface area contributed by atoms with Crippen LogP contribution in [0.3, 0.4) is 0 Å². The second-order valence-corrected chi connectivity index (χ2v) is 3.71. The van der Waals surface area contributed by atoms with Gasteiger partial charge in [0.05, 0.1) is 18.0 Å². The molecule has 0 aliphatic carbocycles. The predicted octanol–water partition coefficient (Wildman–Crippen LogP) is 2.11. The molecule has 2 rings (SSSR count). The maximum Gasteiger partial charge on any atom is 0.357 e. The first-order valence-corrected chi connectivity index (χ1v) is 5.99. The molecule has 0 spiro atoms. The minimum absolute atomic E-state index is 0.261. The molecule has 0 fully saturated rings. The van der Waals surface area contributed by atoms with Crippen molar-refractivity contribution in [3.8, 4) is 0 Å². The fourth-order valence-electron chi connectivity index (χ4n) is 1.74. The Morgan fingerprint density at radius 1 is 1.33 bits per heavy atom. The second-order valence-electron chi connectivity index (χ2n) is 3.71. The summed E-state index contributed by atoms with van der Waals surface area (Å²) in [6.07, 6.45) is -0.552. The predicted molar refractivity (Wildman–Crippen MR) is 69.2 cm³/mol. The average molecular weight is 248 g/mol. The molecule has 1 aliphatic heterocycles. The zero-order valence-electron chi connectivity index (χ0n) is 10.5. The first-order chi connectivity index (χ1) is 8.76. The number of fused-ring (bicyclic) bond motifs is 1. The highest BCUT2D eigenvalue weighted by Crippen LogP contribution is 2.29. The number of para-hydroxylation sites is 2. The van der Waals surface area contributed by atoms with E-state index in [9.17, 15) is 4.79 Å². The Morgan fingerprint density at radius 3 is 2.83 bits per heavy atom. The van der Waals surface area contributed by atoms with Crippen molar-refractivity contribution in [2.24, 2.45) is 4.99 Å². The molecule has 96 valence electrons. The Labute approximate surface area is 106 Å². The number of ether oxygens (including phenoxy) is 2. The Balaban J connectivity index is 2.32. The van der Waals surface area contributed by atoms with E-state index in [1.807, 2.05) is 31.2 Å². The lowest BCUT2D eigenvalue weighted by molar-refractivity contribution is -0.135. The van der Waals surface area contributed by atoms with Crippen molar-refractivity contribution < 1.29 is 14.3 Å². The molecule has 1 aromatic rings. The van der Waals surface area contributed by atoms with E-state index >= 15 is 0 Å². The summed E-state index contributed by atoms with van der Waals surface area (Å²) in [7, 11) is 0. The standard InChI is InChI=1S/C13H16N2O3/c1-3-17-12-11(13(16)18-4-2)14-9-7-5-6-8-10(9)15-12/h5-8,12,15H,3-4H2,1-2H3. The molecule has 0 saturated heterocycles. The quantitative estimate of drug-likeness (QED) is 0.829. The minimum Gasteiger partial charge on any atom is -0.461 e. The van der Waals surface area contributed by atoms with Crippen molar-refractivity contribution in [2.75, 3.05) is 18.5 Å². The summed E-state index contributed by atoms with van der Waals surface area (Å²) in [5.41, 5.74) is 1.83. The van der Waals surface area contributed by atoms with Crippen LogP contribution in [0, 0.1) is 0 Å². The van der Waals surface area contributed by atoms with E-state index in [0.29, 0.717) is 13.2 Å². The van der Waals surface area contributed by atoms with Crippen molar-refractivity contribution in [3.63, 3.8) is 0 Å². The first kappa shape index (κ1) is 12.6. The van der Waals surface area contributed by atoms with Crippen LogP contribution in [0.15, 0.2) is 29.3 Å². The van der Waals surface area contributed by atoms with Crippen LogP contribution in [0.5, 0.6) is 0 Å². The fraction of sp³-hybridized carbons (Fsp3) is 0.385. The van der Waals surface area contributed by atoms with Gasteiger partial charge < -0.3 is 14.8 Å². The van der Waals surface area contributed by atoms with Gasteiger partial charge in [-0.05, 0) is 26.0 Å². The van der Waals surface area contributed by atoms with Crippen LogP contribution in [0.4, 0.5) is 11.4 Å². The Bertz CT molecular complexity index is 471. The van der Waals surface area contributed by atoms with E-state index in [2.05, 4.69) is 10.3 Å². The number of hydrogen-bond donors (Lipinski definition) is 1. The van der Waals surface area contributed by atoms with Crippen LogP contribution < -0.4 is 5.32 Å². The summed E-state index contributed by atoms with van der Waals surface area (Å²) in [6, 6.07) is 7.50. The van der Waals surface area contributed by atoms with E-state index in [-0.39, 0.29) is 5.71 Å². The van der Waals surface area contributed by atoms with E-state index in [4.69, 9.17) is 9.47 Å². The number of aliphatic imine (C=N–C) groups is 1. The lowest BCUT2D eigenvalue weighted by atomic mass is 10.2. The Kier molecular flexibility index (Phi) is 3.94. The number of nitrogens with zero attached hydrogens (tertiary/aromatic N) is 1. The number of rotatable bonds is 4. The number of anilines is 1. The largest absolute Gasteiger partial charge is 0.461 e. The van der Waals surface area contributed by atoms with Gasteiger partial charge in [-0.2, -0.15) is 0 Å². The lowest BCUT2D eigenvalue weighted by Gasteiger charge is -2.25. The van der Waals surface area contributed by atoms with Gasteiger partial charge in [0, 0.05) is 6.61 Å². The molecule has 5 nitrogen and oxygen atoms in total. The summed E-state index contributed by atoms with van der Waals surface area (Å²) in [5, 5.41) is 3.13. The molecule has 0 aromatic heterocycles. The molecule has 1 aliphatic rings. The highest BCUT2D eigenvalue weighted by Gasteiger charge is 2.29. The number of nitrogens with one attached hydrogen (secondary N) is 1. The van der Waals surface area contributed by atoms with E-state index < -0.39 is 12.2 Å². The van der Waals surface area contributed by atoms with Crippen molar-refractivity contribution in [1.29, 1.82) is 0 Å². The maximum absolute atomic E-state index is 11.8. The van der Waals surface area contributed by atoms with Gasteiger partial charge in [0.15, 0.2) is 11.9 Å². The molecule has 0 radical (unpaired) electrons. The Morgan fingerprint density at radius 2 is 2.11 bits per heavy atom. The van der Waals surface area contributed by atoms with E-state index in [0.717, 1.165) is 11.4 Å². The number of carbonyl (C=O) groups excluding carboxylic acids is 1. The molecule has 1 atom stereocenters. The van der Waals surface area contributed by atoms with Gasteiger partial charge >= 0.3 is 5.97 Å². The highest BCUT2D eigenvalue weighted by atomic mass is 16.5. The average Bonchev–Trinajstić information content (AvgIpc) is 2.38. The van der Waals surface area contributed by atoms with Crippen molar-refractivity contribution >= 4 is 23.1 Å². The van der Waals surface area contributed by atoms with Crippen LogP contribution in [0.2, 0.25) is 0 Å². The van der Waals surface area contributed by atoms with Crippen molar-refractivity contribution in [1.82, 2.24) is 0 Å². The summed E-state index contributed by atoms with van der Waals surface area (Å²) in [5.74, 6) is -0.446. The molecule has 0 amide bonds. The molecular weight excluding hydrogens is 232 g/mol. The second kappa shape index (κ2) is 5.64. The van der Waals surface area contributed by atoms with Gasteiger partial charge in [-0.3, -0.25) is 0 Å². The number of carbonyl (C=O) groups is 1. The zero-order valence-corrected chi connectivity index (χ0v) is 10.5. The van der Waals surface area contributed by atoms with E-state index in [1.54, 1.807) is 6.92 Å². The molecule has 0 bridgehead atoms. The van der Waals surface area contributed by atoms with Crippen molar-refractivity contribution in [3.05, 3.63) is 24.3 Å². The smallest absolute Gasteiger partial charge is 0.357 e. The van der Waals surface area contributed by atoms with Gasteiger partial charge in [0.1, 0.15) is 0 Å². The third-order valence-corrected chi connectivity index (χ3v) is 2.50.